The van der Waals surface area contributed by atoms with Gasteiger partial charge in [-0.25, -0.2) is 9.67 Å². The second-order valence-corrected chi connectivity index (χ2v) is 7.61. The zero-order chi connectivity index (χ0) is 24.9. The number of nitrogens with one attached hydrogen (secondary N) is 3. The van der Waals surface area contributed by atoms with Crippen LogP contribution >= 0.6 is 0 Å². The number of hydrazine groups is 1. The number of hydrogen-bond acceptors (Lipinski definition) is 5. The van der Waals surface area contributed by atoms with Gasteiger partial charge in [0, 0.05) is 24.3 Å². The number of halogens is 6. The molecule has 0 spiro atoms. The predicted molar refractivity (Wildman–Crippen MR) is 107 cm³/mol. The average molecular weight is 490 g/mol. The van der Waals surface area contributed by atoms with Crippen molar-refractivity contribution in [3.8, 4) is 11.4 Å². The van der Waals surface area contributed by atoms with Gasteiger partial charge in [0.1, 0.15) is 6.33 Å². The van der Waals surface area contributed by atoms with Crippen LogP contribution in [-0.2, 0) is 21.9 Å². The Hall–Kier alpha value is -3.42. The lowest BCUT2D eigenvalue weighted by Gasteiger charge is -2.21. The van der Waals surface area contributed by atoms with Crippen LogP contribution < -0.4 is 16.2 Å². The fraction of sp³-hybridized carbons (Fsp3) is 0.400. The summed E-state index contributed by atoms with van der Waals surface area (Å²) in [5.41, 5.74) is 0.943. The predicted octanol–water partition coefficient (Wildman–Crippen LogP) is 2.99. The quantitative estimate of drug-likeness (QED) is 0.340. The number of benzene rings is 1. The Bertz CT molecular complexity index is 1020. The van der Waals surface area contributed by atoms with Gasteiger partial charge in [0.25, 0.3) is 5.91 Å². The van der Waals surface area contributed by atoms with Crippen LogP contribution in [0.15, 0.2) is 30.6 Å². The molecule has 0 aliphatic carbocycles. The van der Waals surface area contributed by atoms with Crippen LogP contribution in [0.4, 0.5) is 26.3 Å². The summed E-state index contributed by atoms with van der Waals surface area (Å²) in [6, 6.07) is 1.01. The van der Waals surface area contributed by atoms with Gasteiger partial charge in [-0.05, 0) is 50.0 Å². The molecule has 184 valence electrons. The third-order valence-corrected chi connectivity index (χ3v) is 4.93. The van der Waals surface area contributed by atoms with E-state index >= 15 is 0 Å². The number of hydrogen-bond donors (Lipinski definition) is 3. The van der Waals surface area contributed by atoms with Crippen molar-refractivity contribution in [2.24, 2.45) is 5.92 Å². The number of rotatable bonds is 5. The highest BCUT2D eigenvalue weighted by Gasteiger charge is 2.37. The molecule has 1 fully saturated rings. The van der Waals surface area contributed by atoms with Crippen LogP contribution in [-0.4, -0.2) is 39.7 Å². The van der Waals surface area contributed by atoms with Gasteiger partial charge in [0.05, 0.1) is 11.1 Å². The van der Waals surface area contributed by atoms with Crippen molar-refractivity contribution in [3.63, 3.8) is 0 Å². The average Bonchev–Trinajstić information content (AvgIpc) is 3.25. The van der Waals surface area contributed by atoms with E-state index in [0.29, 0.717) is 18.7 Å². The number of piperidine rings is 1. The molecule has 3 N–H and O–H groups in total. The molecule has 0 saturated carbocycles. The van der Waals surface area contributed by atoms with Crippen molar-refractivity contribution in [1.29, 1.82) is 0 Å². The van der Waals surface area contributed by atoms with Crippen molar-refractivity contribution in [1.82, 2.24) is 30.9 Å². The summed E-state index contributed by atoms with van der Waals surface area (Å²) in [7, 11) is 0. The van der Waals surface area contributed by atoms with Crippen LogP contribution in [0.1, 0.15) is 30.4 Å². The zero-order valence-electron chi connectivity index (χ0n) is 17.5. The van der Waals surface area contributed by atoms with Crippen molar-refractivity contribution >= 4 is 18.0 Å². The second-order valence-electron chi connectivity index (χ2n) is 7.61. The lowest BCUT2D eigenvalue weighted by atomic mass is 9.96. The molecule has 0 radical (unpaired) electrons. The molecule has 1 aliphatic rings. The maximum atomic E-state index is 13.0. The summed E-state index contributed by atoms with van der Waals surface area (Å²) < 4.78 is 79.1. The number of amides is 2. The van der Waals surface area contributed by atoms with Crippen LogP contribution in [0.25, 0.3) is 17.6 Å². The number of carbonyl (C=O) groups is 2. The minimum absolute atomic E-state index is 0.00378. The SMILES string of the molecule is O=C(/C=C\n1cnc(-c2cc(C(F)(F)F)cc(C(F)(F)F)c2)n1)NNC(=O)CC1CCCNC1. The highest BCUT2D eigenvalue weighted by Crippen LogP contribution is 2.38. The first-order valence-electron chi connectivity index (χ1n) is 10.1. The summed E-state index contributed by atoms with van der Waals surface area (Å²) in [6.45, 7) is 1.62. The van der Waals surface area contributed by atoms with E-state index in [1.54, 1.807) is 0 Å². The van der Waals surface area contributed by atoms with E-state index in [0.717, 1.165) is 42.7 Å². The molecule has 1 aliphatic heterocycles. The third kappa shape index (κ3) is 7.04. The molecule has 1 aromatic heterocycles. The van der Waals surface area contributed by atoms with Gasteiger partial charge in [-0.3, -0.25) is 20.4 Å². The maximum absolute atomic E-state index is 13.0. The Labute approximate surface area is 189 Å². The molecule has 34 heavy (non-hydrogen) atoms. The van der Waals surface area contributed by atoms with E-state index in [-0.39, 0.29) is 24.3 Å². The maximum Gasteiger partial charge on any atom is 0.416 e. The molecule has 2 aromatic rings. The monoisotopic (exact) mass is 490 g/mol. The van der Waals surface area contributed by atoms with E-state index in [2.05, 4.69) is 26.3 Å². The van der Waals surface area contributed by atoms with Crippen LogP contribution in [0, 0.1) is 5.92 Å². The minimum atomic E-state index is -5.01. The van der Waals surface area contributed by atoms with Gasteiger partial charge >= 0.3 is 12.4 Å². The van der Waals surface area contributed by atoms with E-state index in [1.165, 1.54) is 0 Å². The molecule has 1 saturated heterocycles. The molecule has 14 heteroatoms. The van der Waals surface area contributed by atoms with Crippen molar-refractivity contribution in [2.75, 3.05) is 13.1 Å². The van der Waals surface area contributed by atoms with Crippen molar-refractivity contribution in [3.05, 3.63) is 41.7 Å². The first-order valence-corrected chi connectivity index (χ1v) is 10.1. The highest BCUT2D eigenvalue weighted by molar-refractivity contribution is 5.91. The number of nitrogens with zero attached hydrogens (tertiary/aromatic N) is 3. The van der Waals surface area contributed by atoms with Crippen LogP contribution in [0.3, 0.4) is 0 Å². The molecule has 1 atom stereocenters. The molecular weight excluding hydrogens is 470 g/mol. The van der Waals surface area contributed by atoms with Gasteiger partial charge in [0.15, 0.2) is 5.82 Å². The zero-order valence-corrected chi connectivity index (χ0v) is 17.5. The summed E-state index contributed by atoms with van der Waals surface area (Å²) in [5, 5.41) is 6.95. The molecule has 2 heterocycles. The molecule has 2 amide bonds. The Balaban J connectivity index is 1.63. The Morgan fingerprint density at radius 3 is 2.35 bits per heavy atom. The first-order chi connectivity index (χ1) is 15.9. The Kier molecular flexibility index (Phi) is 7.59. The minimum Gasteiger partial charge on any atom is -0.316 e. The smallest absolute Gasteiger partial charge is 0.316 e. The van der Waals surface area contributed by atoms with Crippen molar-refractivity contribution in [2.45, 2.75) is 31.6 Å². The molecule has 8 nitrogen and oxygen atoms in total. The summed E-state index contributed by atoms with van der Waals surface area (Å²) in [5.74, 6) is -1.34. The van der Waals surface area contributed by atoms with Crippen molar-refractivity contribution < 1.29 is 35.9 Å². The lowest BCUT2D eigenvalue weighted by molar-refractivity contribution is -0.143. The van der Waals surface area contributed by atoms with Crippen LogP contribution in [0.2, 0.25) is 0 Å². The van der Waals surface area contributed by atoms with E-state index < -0.39 is 40.8 Å². The molecule has 1 aromatic carbocycles. The van der Waals surface area contributed by atoms with Gasteiger partial charge in [-0.2, -0.15) is 26.3 Å². The molecule has 0 bridgehead atoms. The summed E-state index contributed by atoms with van der Waals surface area (Å²) >= 11 is 0. The standard InChI is InChI=1S/C20H20F6N6O2/c21-19(22,23)14-7-13(8-15(9-14)20(24,25)26)18-28-11-32(31-18)5-3-16(33)29-30-17(34)6-12-2-1-4-27-10-12/h3,5,7-9,11-12,27H,1-2,4,6,10H2,(H,29,33)(H,30,34)/b5-3-. The fourth-order valence-corrected chi connectivity index (χ4v) is 3.29. The van der Waals surface area contributed by atoms with E-state index in [1.807, 2.05) is 0 Å². The molecule has 1 unspecified atom stereocenters. The van der Waals surface area contributed by atoms with Gasteiger partial charge in [-0.1, -0.05) is 0 Å². The first kappa shape index (κ1) is 25.2. The van der Waals surface area contributed by atoms with Gasteiger partial charge in [-0.15, -0.1) is 5.10 Å². The second kappa shape index (κ2) is 10.2. The summed E-state index contributed by atoms with van der Waals surface area (Å²) in [4.78, 5) is 27.5. The lowest BCUT2D eigenvalue weighted by Crippen LogP contribution is -2.42. The topological polar surface area (TPSA) is 101 Å². The number of carbonyl (C=O) groups excluding carboxylic acids is 2. The van der Waals surface area contributed by atoms with E-state index in [4.69, 9.17) is 0 Å². The van der Waals surface area contributed by atoms with E-state index in [9.17, 15) is 35.9 Å². The number of aromatic nitrogens is 3. The molecule has 3 rings (SSSR count). The van der Waals surface area contributed by atoms with Crippen LogP contribution in [0.5, 0.6) is 0 Å². The largest absolute Gasteiger partial charge is 0.416 e. The van der Waals surface area contributed by atoms with Gasteiger partial charge < -0.3 is 5.32 Å². The highest BCUT2D eigenvalue weighted by atomic mass is 19.4. The Morgan fingerprint density at radius 2 is 1.76 bits per heavy atom. The Morgan fingerprint density at radius 1 is 1.09 bits per heavy atom. The molecular formula is C20H20F6N6O2. The van der Waals surface area contributed by atoms with Gasteiger partial charge in [0.2, 0.25) is 5.91 Å². The fourth-order valence-electron chi connectivity index (χ4n) is 3.29. The summed E-state index contributed by atoms with van der Waals surface area (Å²) in [6.07, 6.45) is -4.88. The third-order valence-electron chi connectivity index (χ3n) is 4.93. The normalized spacial score (nSPS) is 17.1. The number of alkyl halides is 6.